The van der Waals surface area contributed by atoms with Crippen molar-refractivity contribution in [1.29, 1.82) is 0 Å². The van der Waals surface area contributed by atoms with Crippen molar-refractivity contribution in [3.05, 3.63) is 24.3 Å². The maximum Gasteiger partial charge on any atom is 0.241 e. The first-order chi connectivity index (χ1) is 9.51. The molecule has 0 amide bonds. The second-order valence-corrected chi connectivity index (χ2v) is 6.52. The molecule has 2 rings (SSSR count). The third-order valence-electron chi connectivity index (χ3n) is 3.45. The Hall–Kier alpha value is -1.15. The van der Waals surface area contributed by atoms with Crippen LogP contribution in [0, 0.1) is 0 Å². The van der Waals surface area contributed by atoms with E-state index in [1.54, 1.807) is 12.1 Å². The molecule has 0 atom stereocenters. The number of benzene rings is 1. The molecule has 0 aromatic heterocycles. The second-order valence-electron chi connectivity index (χ2n) is 4.84. The number of nitrogens with one attached hydrogen (secondary N) is 1. The Morgan fingerprint density at radius 2 is 2.10 bits per heavy atom. The number of ether oxygens (including phenoxy) is 2. The van der Waals surface area contributed by atoms with E-state index in [1.807, 2.05) is 0 Å². The predicted octanol–water partition coefficient (Wildman–Crippen LogP) is 0.515. The highest BCUT2D eigenvalue weighted by atomic mass is 32.2. The van der Waals surface area contributed by atoms with Crippen LogP contribution in [0.1, 0.15) is 12.8 Å². The highest BCUT2D eigenvalue weighted by molar-refractivity contribution is 7.89. The van der Waals surface area contributed by atoms with Gasteiger partial charge in [0.2, 0.25) is 10.0 Å². The van der Waals surface area contributed by atoms with E-state index in [9.17, 15) is 13.5 Å². The predicted molar refractivity (Wildman–Crippen MR) is 73.2 cm³/mol. The molecular weight excluding hydrogens is 282 g/mol. The highest BCUT2D eigenvalue weighted by Crippen LogP contribution is 2.24. The number of aliphatic hydroxyl groups is 1. The van der Waals surface area contributed by atoms with Gasteiger partial charge >= 0.3 is 0 Å². The van der Waals surface area contributed by atoms with Crippen LogP contribution in [0.15, 0.2) is 29.2 Å². The second kappa shape index (κ2) is 6.09. The molecule has 1 fully saturated rings. The van der Waals surface area contributed by atoms with E-state index in [4.69, 9.17) is 9.47 Å². The summed E-state index contributed by atoms with van der Waals surface area (Å²) in [5, 5.41) is 9.55. The Bertz CT molecular complexity index is 552. The molecular formula is C13H19NO5S. The third kappa shape index (κ3) is 3.29. The fourth-order valence-electron chi connectivity index (χ4n) is 2.17. The number of methoxy groups -OCH3 is 1. The summed E-state index contributed by atoms with van der Waals surface area (Å²) in [5.41, 5.74) is -0.847. The summed E-state index contributed by atoms with van der Waals surface area (Å²) in [7, 11) is -2.23. The van der Waals surface area contributed by atoms with Crippen LogP contribution in [0.3, 0.4) is 0 Å². The summed E-state index contributed by atoms with van der Waals surface area (Å²) in [6.45, 7) is 0.613. The minimum atomic E-state index is -3.71. The number of hydrogen-bond donors (Lipinski definition) is 2. The fourth-order valence-corrected chi connectivity index (χ4v) is 3.65. The molecule has 112 valence electrons. The van der Waals surface area contributed by atoms with Crippen molar-refractivity contribution in [2.45, 2.75) is 23.3 Å². The van der Waals surface area contributed by atoms with Crippen LogP contribution in [0.2, 0.25) is 0 Å². The minimum absolute atomic E-state index is 0.121. The Balaban J connectivity index is 2.25. The zero-order chi connectivity index (χ0) is 14.6. The lowest BCUT2D eigenvalue weighted by Crippen LogP contribution is -2.54. The van der Waals surface area contributed by atoms with Crippen LogP contribution in [-0.2, 0) is 14.8 Å². The molecule has 1 aromatic rings. The highest BCUT2D eigenvalue weighted by Gasteiger charge is 2.36. The first-order valence-corrected chi connectivity index (χ1v) is 7.86. The molecule has 2 N–H and O–H groups in total. The SMILES string of the molecule is COc1cccc(S(=O)(=O)NC2(CO)CCOCC2)c1. The molecule has 1 aromatic carbocycles. The summed E-state index contributed by atoms with van der Waals surface area (Å²) in [4.78, 5) is 0.121. The number of sulfonamides is 1. The van der Waals surface area contributed by atoms with E-state index in [0.29, 0.717) is 31.8 Å². The van der Waals surface area contributed by atoms with Crippen LogP contribution in [0.4, 0.5) is 0 Å². The largest absolute Gasteiger partial charge is 0.497 e. The van der Waals surface area contributed by atoms with Gasteiger partial charge in [0.15, 0.2) is 0 Å². The van der Waals surface area contributed by atoms with Crippen molar-refractivity contribution in [2.75, 3.05) is 26.9 Å². The Morgan fingerprint density at radius 3 is 2.70 bits per heavy atom. The first kappa shape index (κ1) is 15.2. The number of rotatable bonds is 5. The van der Waals surface area contributed by atoms with Crippen molar-refractivity contribution >= 4 is 10.0 Å². The molecule has 7 heteroatoms. The van der Waals surface area contributed by atoms with Crippen LogP contribution in [0.5, 0.6) is 5.75 Å². The summed E-state index contributed by atoms with van der Waals surface area (Å²) < 4.78 is 37.7. The number of hydrogen-bond acceptors (Lipinski definition) is 5. The van der Waals surface area contributed by atoms with E-state index in [2.05, 4.69) is 4.72 Å². The van der Waals surface area contributed by atoms with Crippen molar-refractivity contribution in [2.24, 2.45) is 0 Å². The lowest BCUT2D eigenvalue weighted by atomic mass is 9.93. The van der Waals surface area contributed by atoms with E-state index < -0.39 is 15.6 Å². The van der Waals surface area contributed by atoms with E-state index in [-0.39, 0.29) is 11.5 Å². The van der Waals surface area contributed by atoms with Crippen LogP contribution in [-0.4, -0.2) is 46.0 Å². The van der Waals surface area contributed by atoms with Crippen LogP contribution in [0.25, 0.3) is 0 Å². The lowest BCUT2D eigenvalue weighted by Gasteiger charge is -2.35. The summed E-state index contributed by atoms with van der Waals surface area (Å²) in [5.74, 6) is 0.470. The first-order valence-electron chi connectivity index (χ1n) is 6.38. The van der Waals surface area contributed by atoms with Gasteiger partial charge < -0.3 is 14.6 Å². The van der Waals surface area contributed by atoms with E-state index >= 15 is 0 Å². The van der Waals surface area contributed by atoms with Crippen molar-refractivity contribution < 1.29 is 23.0 Å². The molecule has 6 nitrogen and oxygen atoms in total. The van der Waals surface area contributed by atoms with Crippen molar-refractivity contribution in [3.8, 4) is 5.75 Å². The molecule has 1 aliphatic heterocycles. The van der Waals surface area contributed by atoms with Gasteiger partial charge in [-0.3, -0.25) is 0 Å². The van der Waals surface area contributed by atoms with Gasteiger partial charge in [-0.05, 0) is 25.0 Å². The molecule has 1 aliphatic rings. The van der Waals surface area contributed by atoms with Crippen LogP contribution >= 0.6 is 0 Å². The Kier molecular flexibility index (Phi) is 4.64. The van der Waals surface area contributed by atoms with Gasteiger partial charge in [0.25, 0.3) is 0 Å². The van der Waals surface area contributed by atoms with Gasteiger partial charge in [-0.25, -0.2) is 13.1 Å². The maximum absolute atomic E-state index is 12.4. The van der Waals surface area contributed by atoms with Gasteiger partial charge in [-0.15, -0.1) is 0 Å². The van der Waals surface area contributed by atoms with Gasteiger partial charge in [-0.2, -0.15) is 0 Å². The molecule has 0 aliphatic carbocycles. The van der Waals surface area contributed by atoms with Gasteiger partial charge in [0.1, 0.15) is 5.75 Å². The fraction of sp³-hybridized carbons (Fsp3) is 0.538. The topological polar surface area (TPSA) is 84.9 Å². The molecule has 0 saturated carbocycles. The molecule has 1 heterocycles. The zero-order valence-corrected chi connectivity index (χ0v) is 12.1. The standard InChI is InChI=1S/C13H19NO5S/c1-18-11-3-2-4-12(9-11)20(16,17)14-13(10-15)5-7-19-8-6-13/h2-4,9,14-15H,5-8,10H2,1H3. The lowest BCUT2D eigenvalue weighted by molar-refractivity contribution is 0.0223. The average molecular weight is 301 g/mol. The smallest absolute Gasteiger partial charge is 0.241 e. The summed E-state index contributed by atoms with van der Waals surface area (Å²) in [6, 6.07) is 6.24. The van der Waals surface area contributed by atoms with Gasteiger partial charge in [0.05, 0.1) is 24.2 Å². The maximum atomic E-state index is 12.4. The summed E-state index contributed by atoms with van der Waals surface area (Å²) in [6.07, 6.45) is 0.902. The van der Waals surface area contributed by atoms with Crippen molar-refractivity contribution in [1.82, 2.24) is 4.72 Å². The van der Waals surface area contributed by atoms with E-state index in [0.717, 1.165) is 0 Å². The zero-order valence-electron chi connectivity index (χ0n) is 11.3. The normalized spacial score (nSPS) is 18.7. The van der Waals surface area contributed by atoms with Gasteiger partial charge in [-0.1, -0.05) is 6.07 Å². The molecule has 0 radical (unpaired) electrons. The van der Waals surface area contributed by atoms with Crippen molar-refractivity contribution in [3.63, 3.8) is 0 Å². The van der Waals surface area contributed by atoms with E-state index in [1.165, 1.54) is 19.2 Å². The molecule has 0 unspecified atom stereocenters. The molecule has 1 saturated heterocycles. The Labute approximate surface area is 118 Å². The minimum Gasteiger partial charge on any atom is -0.497 e. The third-order valence-corrected chi connectivity index (χ3v) is 5.03. The molecule has 0 spiro atoms. The summed E-state index contributed by atoms with van der Waals surface area (Å²) >= 11 is 0. The Morgan fingerprint density at radius 1 is 1.40 bits per heavy atom. The molecule has 0 bridgehead atoms. The van der Waals surface area contributed by atoms with Gasteiger partial charge in [0, 0.05) is 19.3 Å². The quantitative estimate of drug-likeness (QED) is 0.828. The average Bonchev–Trinajstić information content (AvgIpc) is 2.48. The molecule has 20 heavy (non-hydrogen) atoms. The van der Waals surface area contributed by atoms with Crippen LogP contribution < -0.4 is 9.46 Å². The number of aliphatic hydroxyl groups excluding tert-OH is 1. The monoisotopic (exact) mass is 301 g/mol.